The Kier molecular flexibility index (Phi) is 5.66. The van der Waals surface area contributed by atoms with Gasteiger partial charge < -0.3 is 10.2 Å². The normalized spacial score (nSPS) is 17.1. The number of alkyl halides is 2. The fourth-order valence-corrected chi connectivity index (χ4v) is 2.31. The molecule has 4 nitrogen and oxygen atoms in total. The van der Waals surface area contributed by atoms with Crippen molar-refractivity contribution in [2.75, 3.05) is 0 Å². The fraction of sp³-hybridized carbons (Fsp3) is 0.750. The predicted octanol–water partition coefficient (Wildman–Crippen LogP) is 2.24. The van der Waals surface area contributed by atoms with E-state index >= 15 is 0 Å². The molecule has 0 aromatic carbocycles. The molecule has 0 heterocycles. The van der Waals surface area contributed by atoms with Crippen LogP contribution in [-0.4, -0.2) is 31.3 Å². The van der Waals surface area contributed by atoms with Crippen molar-refractivity contribution < 1.29 is 19.8 Å². The molecule has 14 heavy (non-hydrogen) atoms. The van der Waals surface area contributed by atoms with Crippen LogP contribution >= 0.6 is 31.9 Å². The maximum Gasteiger partial charge on any atom is 0.322 e. The Morgan fingerprint density at radius 2 is 1.93 bits per heavy atom. The molecule has 0 aliphatic rings. The van der Waals surface area contributed by atoms with Gasteiger partial charge in [-0.2, -0.15) is 0 Å². The van der Waals surface area contributed by atoms with Gasteiger partial charge in [-0.25, -0.2) is 0 Å². The van der Waals surface area contributed by atoms with Crippen LogP contribution in [0.2, 0.25) is 0 Å². The lowest BCUT2D eigenvalue weighted by atomic mass is 9.98. The van der Waals surface area contributed by atoms with Crippen LogP contribution in [0.15, 0.2) is 0 Å². The number of carboxylic acids is 2. The third-order valence-electron chi connectivity index (χ3n) is 1.80. The Labute approximate surface area is 98.9 Å². The number of hydrogen-bond acceptors (Lipinski definition) is 2. The average Bonchev–Trinajstić information content (AvgIpc) is 2.02. The molecule has 0 spiro atoms. The van der Waals surface area contributed by atoms with E-state index in [1.165, 1.54) is 0 Å². The summed E-state index contributed by atoms with van der Waals surface area (Å²) in [5.41, 5.74) is 0. The Hall–Kier alpha value is -0.100. The second-order valence-electron chi connectivity index (χ2n) is 2.99. The van der Waals surface area contributed by atoms with Crippen molar-refractivity contribution in [3.8, 4) is 0 Å². The zero-order chi connectivity index (χ0) is 11.4. The Morgan fingerprint density at radius 3 is 2.21 bits per heavy atom. The monoisotopic (exact) mass is 330 g/mol. The van der Waals surface area contributed by atoms with Crippen LogP contribution in [0, 0.1) is 0 Å². The molecular formula is C8H12Br2O4. The van der Waals surface area contributed by atoms with E-state index in [1.54, 1.807) is 0 Å². The van der Waals surface area contributed by atoms with Crippen LogP contribution in [0.5, 0.6) is 0 Å². The minimum atomic E-state index is -1.42. The molecule has 2 atom stereocenters. The van der Waals surface area contributed by atoms with Gasteiger partial charge in [0.25, 0.3) is 0 Å². The van der Waals surface area contributed by atoms with Crippen LogP contribution < -0.4 is 0 Å². The van der Waals surface area contributed by atoms with Crippen LogP contribution in [0.3, 0.4) is 0 Å². The molecule has 0 aliphatic heterocycles. The third kappa shape index (κ3) is 3.57. The van der Waals surface area contributed by atoms with Gasteiger partial charge in [-0.05, 0) is 6.42 Å². The summed E-state index contributed by atoms with van der Waals surface area (Å²) in [6.45, 7) is 1.91. The van der Waals surface area contributed by atoms with Gasteiger partial charge in [0.15, 0.2) is 0 Å². The summed E-state index contributed by atoms with van der Waals surface area (Å²) in [4.78, 5) is 21.1. The van der Waals surface area contributed by atoms with Crippen molar-refractivity contribution in [2.45, 2.75) is 35.3 Å². The SMILES string of the molecule is CCCC(Br)C(Br)(CC(=O)O)C(=O)O. The van der Waals surface area contributed by atoms with Gasteiger partial charge in [0.2, 0.25) is 0 Å². The van der Waals surface area contributed by atoms with E-state index in [1.807, 2.05) is 6.92 Å². The van der Waals surface area contributed by atoms with E-state index in [0.29, 0.717) is 6.42 Å². The van der Waals surface area contributed by atoms with E-state index in [2.05, 4.69) is 31.9 Å². The zero-order valence-electron chi connectivity index (χ0n) is 7.67. The molecule has 0 rings (SSSR count). The smallest absolute Gasteiger partial charge is 0.322 e. The third-order valence-corrected chi connectivity index (χ3v) is 4.83. The first-order valence-corrected chi connectivity index (χ1v) is 5.83. The van der Waals surface area contributed by atoms with Crippen LogP contribution in [0.4, 0.5) is 0 Å². The van der Waals surface area contributed by atoms with Crippen molar-refractivity contribution in [3.05, 3.63) is 0 Å². The lowest BCUT2D eigenvalue weighted by Crippen LogP contribution is -2.42. The lowest BCUT2D eigenvalue weighted by molar-refractivity contribution is -0.146. The van der Waals surface area contributed by atoms with Gasteiger partial charge in [0.1, 0.15) is 4.32 Å². The molecule has 0 bridgehead atoms. The second-order valence-corrected chi connectivity index (χ2v) is 5.51. The van der Waals surface area contributed by atoms with E-state index in [-0.39, 0.29) is 0 Å². The summed E-state index contributed by atoms with van der Waals surface area (Å²) in [6.07, 6.45) is 0.944. The van der Waals surface area contributed by atoms with E-state index < -0.39 is 27.5 Å². The van der Waals surface area contributed by atoms with E-state index in [9.17, 15) is 9.59 Å². The van der Waals surface area contributed by atoms with Crippen molar-refractivity contribution in [3.63, 3.8) is 0 Å². The van der Waals surface area contributed by atoms with Crippen LogP contribution in [-0.2, 0) is 9.59 Å². The summed E-state index contributed by atoms with van der Waals surface area (Å²) < 4.78 is -1.42. The summed E-state index contributed by atoms with van der Waals surface area (Å²) >= 11 is 6.19. The number of halogens is 2. The predicted molar refractivity (Wildman–Crippen MR) is 59.2 cm³/mol. The molecule has 0 aromatic rings. The van der Waals surface area contributed by atoms with Crippen molar-refractivity contribution in [1.29, 1.82) is 0 Å². The molecule has 0 amide bonds. The highest BCUT2D eigenvalue weighted by Crippen LogP contribution is 2.35. The number of aliphatic carboxylic acids is 2. The second kappa shape index (κ2) is 5.70. The van der Waals surface area contributed by atoms with E-state index in [4.69, 9.17) is 10.2 Å². The molecule has 0 aliphatic carbocycles. The largest absolute Gasteiger partial charge is 0.481 e. The number of rotatable bonds is 6. The molecule has 6 heteroatoms. The number of carboxylic acid groups (broad SMARTS) is 2. The molecular weight excluding hydrogens is 320 g/mol. The molecule has 0 saturated carbocycles. The first-order chi connectivity index (χ1) is 6.34. The topological polar surface area (TPSA) is 74.6 Å². The zero-order valence-corrected chi connectivity index (χ0v) is 10.8. The Balaban J connectivity index is 4.70. The van der Waals surface area contributed by atoms with E-state index in [0.717, 1.165) is 6.42 Å². The Morgan fingerprint density at radius 1 is 1.43 bits per heavy atom. The Bertz CT molecular complexity index is 231. The first-order valence-electron chi connectivity index (χ1n) is 4.12. The molecule has 2 N–H and O–H groups in total. The molecule has 0 radical (unpaired) electrons. The van der Waals surface area contributed by atoms with Gasteiger partial charge in [-0.1, -0.05) is 45.2 Å². The quantitative estimate of drug-likeness (QED) is 0.732. The molecule has 82 valence electrons. The summed E-state index contributed by atoms with van der Waals surface area (Å²) in [5, 5.41) is 17.5. The fourth-order valence-electron chi connectivity index (χ4n) is 1.02. The van der Waals surface area contributed by atoms with Gasteiger partial charge in [0, 0.05) is 4.83 Å². The number of hydrogen-bond donors (Lipinski definition) is 2. The van der Waals surface area contributed by atoms with Crippen molar-refractivity contribution >= 4 is 43.8 Å². The first kappa shape index (κ1) is 13.9. The molecule has 2 unspecified atom stereocenters. The van der Waals surface area contributed by atoms with Crippen LogP contribution in [0.1, 0.15) is 26.2 Å². The highest BCUT2D eigenvalue weighted by molar-refractivity contribution is 9.12. The standard InChI is InChI=1S/C8H12Br2O4/c1-2-3-5(9)8(10,7(13)14)4-6(11)12/h5H,2-4H2,1H3,(H,11,12)(H,13,14). The molecule has 0 fully saturated rings. The summed E-state index contributed by atoms with van der Waals surface area (Å²) in [6, 6.07) is 0. The summed E-state index contributed by atoms with van der Waals surface area (Å²) in [5.74, 6) is -2.29. The highest BCUT2D eigenvalue weighted by atomic mass is 79.9. The van der Waals surface area contributed by atoms with Gasteiger partial charge in [-0.15, -0.1) is 0 Å². The number of carbonyl (C=O) groups is 2. The van der Waals surface area contributed by atoms with Crippen molar-refractivity contribution in [2.24, 2.45) is 0 Å². The summed E-state index contributed by atoms with van der Waals surface area (Å²) in [7, 11) is 0. The van der Waals surface area contributed by atoms with Gasteiger partial charge >= 0.3 is 11.9 Å². The maximum absolute atomic E-state index is 10.9. The highest BCUT2D eigenvalue weighted by Gasteiger charge is 2.44. The molecule has 0 saturated heterocycles. The van der Waals surface area contributed by atoms with Crippen molar-refractivity contribution in [1.82, 2.24) is 0 Å². The van der Waals surface area contributed by atoms with Gasteiger partial charge in [-0.3, -0.25) is 9.59 Å². The van der Waals surface area contributed by atoms with Gasteiger partial charge in [0.05, 0.1) is 6.42 Å². The minimum Gasteiger partial charge on any atom is -0.481 e. The molecule has 0 aromatic heterocycles. The average molecular weight is 332 g/mol. The maximum atomic E-state index is 10.9. The minimum absolute atomic E-state index is 0.395. The lowest BCUT2D eigenvalue weighted by Gasteiger charge is -2.26. The van der Waals surface area contributed by atoms with Crippen LogP contribution in [0.25, 0.3) is 0 Å².